The van der Waals surface area contributed by atoms with Gasteiger partial charge in [-0.25, -0.2) is 4.90 Å². The summed E-state index contributed by atoms with van der Waals surface area (Å²) in [5, 5.41) is 0. The lowest BCUT2D eigenvalue weighted by Gasteiger charge is -2.32. The van der Waals surface area contributed by atoms with Gasteiger partial charge in [0.1, 0.15) is 19.5 Å². The van der Waals surface area contributed by atoms with E-state index < -0.39 is 115 Å². The van der Waals surface area contributed by atoms with Crippen molar-refractivity contribution in [3.05, 3.63) is 55.0 Å². The highest BCUT2D eigenvalue weighted by molar-refractivity contribution is 6.28. The third-order valence-corrected chi connectivity index (χ3v) is 5.64. The number of ether oxygens (including phenoxy) is 2. The zero-order valence-electron chi connectivity index (χ0n) is 22.8. The Kier molecular flexibility index (Phi) is 11.2. The summed E-state index contributed by atoms with van der Waals surface area (Å²) < 4.78 is 242. The van der Waals surface area contributed by atoms with Crippen LogP contribution >= 0.6 is 0 Å². The first-order chi connectivity index (χ1) is 22.0. The van der Waals surface area contributed by atoms with Gasteiger partial charge < -0.3 is 9.47 Å². The van der Waals surface area contributed by atoms with Crippen molar-refractivity contribution in [1.29, 1.82) is 0 Å². The minimum absolute atomic E-state index is 0.409. The summed E-state index contributed by atoms with van der Waals surface area (Å²) in [6.45, 7) is -1.96. The van der Waals surface area contributed by atoms with E-state index in [0.29, 0.717) is 11.0 Å². The van der Waals surface area contributed by atoms with Gasteiger partial charge >= 0.3 is 47.9 Å². The molecule has 0 atom stereocenters. The van der Waals surface area contributed by atoms with E-state index in [1.807, 2.05) is 0 Å². The molecule has 1 aliphatic rings. The van der Waals surface area contributed by atoms with Crippen LogP contribution in [-0.4, -0.2) is 72.9 Å². The molecule has 25 heteroatoms. The second-order valence-corrected chi connectivity index (χ2v) is 9.02. The highest BCUT2D eigenvalue weighted by atomic mass is 19.4. The van der Waals surface area contributed by atoms with Gasteiger partial charge in [0.25, 0.3) is 11.8 Å². The number of alkyl halides is 18. The van der Waals surface area contributed by atoms with E-state index in [9.17, 15) is 88.6 Å². The fraction of sp³-hybridized carbons (Fsp3) is 0.417. The van der Waals surface area contributed by atoms with Gasteiger partial charge in [0.2, 0.25) is 5.75 Å². The number of allylic oxidation sites excluding steroid dienone is 2. The van der Waals surface area contributed by atoms with Crippen molar-refractivity contribution in [2.45, 2.75) is 47.9 Å². The molecule has 0 N–H and O–H groups in total. The number of anilines is 1. The number of rotatable bonds is 15. The van der Waals surface area contributed by atoms with Crippen molar-refractivity contribution in [3.8, 4) is 11.5 Å². The van der Waals surface area contributed by atoms with Crippen LogP contribution in [-0.2, 0) is 19.2 Å². The third-order valence-electron chi connectivity index (χ3n) is 5.64. The van der Waals surface area contributed by atoms with Crippen LogP contribution < -0.4 is 14.5 Å². The largest absolute Gasteiger partial charge is 0.498 e. The number of hydrogen-bond acceptors (Lipinski definition) is 6. The van der Waals surface area contributed by atoms with Gasteiger partial charge in [0.05, 0.1) is 11.9 Å². The molecule has 1 heterocycles. The molecule has 2 rings (SSSR count). The Balaban J connectivity index is 2.20. The minimum atomic E-state index is -7.25. The standard InChI is InChI=1S/C24H13F18NO6/c25-17(26,19(29,30)21(33,34)23(37,38)39)5-7-46-9-10-47-13-2-1-12(43-15(44)3-4-16(43)45)11-14(13)49-48-8-6-18(27,28)20(31,32)22(35,36)24(40,41)42/h1-8,11H,9-10H2/b7-5+,8-6+. The van der Waals surface area contributed by atoms with Gasteiger partial charge in [0.15, 0.2) is 5.75 Å². The van der Waals surface area contributed by atoms with Crippen molar-refractivity contribution < 1.29 is 108 Å². The van der Waals surface area contributed by atoms with Gasteiger partial charge in [-0.05, 0) is 12.1 Å². The summed E-state index contributed by atoms with van der Waals surface area (Å²) in [6.07, 6.45) is -16.2. The molecular formula is C24H13F18NO6. The van der Waals surface area contributed by atoms with Crippen molar-refractivity contribution in [1.82, 2.24) is 0 Å². The smallest absolute Gasteiger partial charge is 0.460 e. The zero-order chi connectivity index (χ0) is 38.1. The average molecular weight is 753 g/mol. The van der Waals surface area contributed by atoms with Crippen molar-refractivity contribution in [2.24, 2.45) is 0 Å². The lowest BCUT2D eigenvalue weighted by molar-refractivity contribution is -0.388. The number of carbonyl (C=O) groups is 2. The molecule has 7 nitrogen and oxygen atoms in total. The maximum atomic E-state index is 13.6. The van der Waals surface area contributed by atoms with Crippen molar-refractivity contribution >= 4 is 17.5 Å². The van der Waals surface area contributed by atoms with Crippen LogP contribution in [0, 0.1) is 0 Å². The van der Waals surface area contributed by atoms with E-state index in [0.717, 1.165) is 24.3 Å². The molecule has 1 aromatic rings. The summed E-state index contributed by atoms with van der Waals surface area (Å²) in [5.41, 5.74) is -0.436. The Morgan fingerprint density at radius 3 is 1.47 bits per heavy atom. The molecule has 0 aromatic heterocycles. The van der Waals surface area contributed by atoms with E-state index in [2.05, 4.69) is 14.5 Å². The maximum Gasteiger partial charge on any atom is 0.460 e. The summed E-state index contributed by atoms with van der Waals surface area (Å²) in [5.74, 6) is -44.6. The van der Waals surface area contributed by atoms with Crippen LogP contribution in [0.5, 0.6) is 11.5 Å². The van der Waals surface area contributed by atoms with Crippen molar-refractivity contribution in [3.63, 3.8) is 0 Å². The summed E-state index contributed by atoms with van der Waals surface area (Å²) in [7, 11) is 0. The Hall–Kier alpha value is -4.48. The summed E-state index contributed by atoms with van der Waals surface area (Å²) in [6, 6.07) is 2.26. The quantitative estimate of drug-likeness (QED) is 0.0455. The molecule has 0 spiro atoms. The average Bonchev–Trinajstić information content (AvgIpc) is 3.29. The molecule has 0 aliphatic carbocycles. The molecule has 0 unspecified atom stereocenters. The first kappa shape index (κ1) is 40.7. The molecule has 276 valence electrons. The van der Waals surface area contributed by atoms with Gasteiger partial charge in [-0.1, -0.05) is 0 Å². The minimum Gasteiger partial charge on any atom is -0.498 e. The number of carbonyl (C=O) groups excluding carboxylic acids is 2. The van der Waals surface area contributed by atoms with E-state index >= 15 is 0 Å². The third kappa shape index (κ3) is 7.89. The number of imide groups is 1. The Labute approximate surface area is 258 Å². The lowest BCUT2D eigenvalue weighted by atomic mass is 10.0. The van der Waals surface area contributed by atoms with Crippen LogP contribution in [0.15, 0.2) is 55.0 Å². The molecule has 1 aromatic carbocycles. The number of hydrogen-bond donors (Lipinski definition) is 0. The van der Waals surface area contributed by atoms with Crippen molar-refractivity contribution in [2.75, 3.05) is 18.1 Å². The Morgan fingerprint density at radius 2 is 1.02 bits per heavy atom. The van der Waals surface area contributed by atoms with E-state index in [1.54, 1.807) is 0 Å². The zero-order valence-corrected chi connectivity index (χ0v) is 22.8. The fourth-order valence-electron chi connectivity index (χ4n) is 3.05. The van der Waals surface area contributed by atoms with E-state index in [-0.39, 0.29) is 0 Å². The van der Waals surface area contributed by atoms with Crippen LogP contribution in [0.2, 0.25) is 0 Å². The Morgan fingerprint density at radius 1 is 0.571 bits per heavy atom. The molecule has 0 saturated carbocycles. The second-order valence-electron chi connectivity index (χ2n) is 9.02. The topological polar surface area (TPSA) is 74.3 Å². The van der Waals surface area contributed by atoms with Crippen LogP contribution in [0.4, 0.5) is 84.7 Å². The maximum absolute atomic E-state index is 13.6. The predicted molar refractivity (Wildman–Crippen MR) is 121 cm³/mol. The van der Waals surface area contributed by atoms with Gasteiger partial charge in [-0.3, -0.25) is 19.4 Å². The molecule has 0 saturated heterocycles. The van der Waals surface area contributed by atoms with Gasteiger partial charge in [-0.15, -0.1) is 0 Å². The first-order valence-electron chi connectivity index (χ1n) is 12.0. The molecule has 0 fully saturated rings. The van der Waals surface area contributed by atoms with Gasteiger partial charge in [0, 0.05) is 30.4 Å². The molecule has 2 amide bonds. The SMILES string of the molecule is O=C1C=CC(=O)N1c1ccc(OCCO/C=C/C(F)(F)C(F)(F)C(F)(F)C(F)(F)F)c(OO/C=C/C(F)(F)C(F)(F)C(F)(F)C(F)(F)F)c1. The highest BCUT2D eigenvalue weighted by Crippen LogP contribution is 2.54. The molecule has 1 aliphatic heterocycles. The normalized spacial score (nSPS) is 15.9. The molecule has 0 bridgehead atoms. The Bertz CT molecular complexity index is 1450. The van der Waals surface area contributed by atoms with Crippen LogP contribution in [0.1, 0.15) is 0 Å². The van der Waals surface area contributed by atoms with E-state index in [4.69, 9.17) is 4.74 Å². The number of halogens is 18. The van der Waals surface area contributed by atoms with Crippen LogP contribution in [0.25, 0.3) is 0 Å². The molecule has 49 heavy (non-hydrogen) atoms. The first-order valence-corrected chi connectivity index (χ1v) is 12.0. The highest BCUT2D eigenvalue weighted by Gasteiger charge is 2.82. The fourth-order valence-corrected chi connectivity index (χ4v) is 3.05. The second kappa shape index (κ2) is 13.4. The molecule has 0 radical (unpaired) electrons. The van der Waals surface area contributed by atoms with Gasteiger partial charge in [-0.2, -0.15) is 79.0 Å². The van der Waals surface area contributed by atoms with Crippen LogP contribution in [0.3, 0.4) is 0 Å². The summed E-state index contributed by atoms with van der Waals surface area (Å²) in [4.78, 5) is 32.6. The summed E-state index contributed by atoms with van der Waals surface area (Å²) >= 11 is 0. The monoisotopic (exact) mass is 753 g/mol. The lowest BCUT2D eigenvalue weighted by Crippen LogP contribution is -2.60. The van der Waals surface area contributed by atoms with E-state index in [1.165, 1.54) is 0 Å². The molecular weight excluding hydrogens is 740 g/mol. The predicted octanol–water partition coefficient (Wildman–Crippen LogP) is 7.79. The number of nitrogens with zero attached hydrogens (tertiary/aromatic N) is 1. The number of amides is 2. The number of benzene rings is 1.